The number of nitriles is 1. The van der Waals surface area contributed by atoms with E-state index in [-0.39, 0.29) is 0 Å². The first kappa shape index (κ1) is 10.9. The molecule has 0 aliphatic carbocycles. The summed E-state index contributed by atoms with van der Waals surface area (Å²) >= 11 is 0. The lowest BCUT2D eigenvalue weighted by Gasteiger charge is -2.21. The zero-order valence-electron chi connectivity index (χ0n) is 9.59. The molecule has 0 fully saturated rings. The number of rotatable bonds is 3. The molecule has 3 heterocycles. The van der Waals surface area contributed by atoms with Gasteiger partial charge in [-0.15, -0.1) is 0 Å². The van der Waals surface area contributed by atoms with Gasteiger partial charge in [0.1, 0.15) is 11.8 Å². The molecule has 0 bridgehead atoms. The van der Waals surface area contributed by atoms with E-state index in [1.807, 2.05) is 71.7 Å². The highest BCUT2D eigenvalue weighted by Gasteiger charge is 2.16. The molecule has 4 nitrogen and oxygen atoms in total. The van der Waals surface area contributed by atoms with Gasteiger partial charge in [-0.05, 0) is 36.4 Å². The molecule has 0 spiro atoms. The summed E-state index contributed by atoms with van der Waals surface area (Å²) in [6.45, 7) is 0. The van der Waals surface area contributed by atoms with Crippen LogP contribution in [0.1, 0.15) is 5.69 Å². The summed E-state index contributed by atoms with van der Waals surface area (Å²) < 4.78 is 6.25. The lowest BCUT2D eigenvalue weighted by molar-refractivity contribution is 1.04. The number of hydrogen-bond donors (Lipinski definition) is 0. The van der Waals surface area contributed by atoms with Crippen molar-refractivity contribution < 1.29 is 0 Å². The summed E-state index contributed by atoms with van der Waals surface area (Å²) in [6, 6.07) is 13.9. The van der Waals surface area contributed by atoms with Crippen molar-refractivity contribution in [1.29, 1.82) is 5.26 Å². The van der Waals surface area contributed by atoms with E-state index >= 15 is 0 Å². The van der Waals surface area contributed by atoms with Gasteiger partial charge in [-0.3, -0.25) is 13.0 Å². The van der Waals surface area contributed by atoms with Crippen LogP contribution in [0.15, 0.2) is 67.4 Å². The number of aromatic nitrogens is 3. The molecular weight excluding hydrogens is 243 g/mol. The quantitative estimate of drug-likeness (QED) is 0.662. The molecule has 0 saturated heterocycles. The molecule has 88 valence electrons. The molecular formula is C13H11N4P. The molecule has 3 aromatic heterocycles. The maximum absolute atomic E-state index is 9.17. The average molecular weight is 254 g/mol. The predicted octanol–water partition coefficient (Wildman–Crippen LogP) is 3.13. The van der Waals surface area contributed by atoms with Crippen molar-refractivity contribution >= 4 is 8.37 Å². The van der Waals surface area contributed by atoms with E-state index in [2.05, 4.69) is 14.7 Å². The normalized spacial score (nSPS) is 10.7. The average Bonchev–Trinajstić information content (AvgIpc) is 3.13. The fourth-order valence-electron chi connectivity index (χ4n) is 1.85. The SMILES string of the molecule is N#Cc1cccn1P(n1cccc1)n1cccc1. The second-order valence-corrected chi connectivity index (χ2v) is 5.64. The zero-order valence-corrected chi connectivity index (χ0v) is 10.5. The van der Waals surface area contributed by atoms with E-state index in [1.54, 1.807) is 0 Å². The standard InChI is InChI=1S/C13H11N4P/c14-12-13-6-5-11-17(13)18(15-7-1-2-8-15)16-9-3-4-10-16/h1-11H. The molecule has 3 aromatic rings. The van der Waals surface area contributed by atoms with Crippen LogP contribution in [0.4, 0.5) is 0 Å². The summed E-state index contributed by atoms with van der Waals surface area (Å²) in [4.78, 5) is 0. The highest BCUT2D eigenvalue weighted by molar-refractivity contribution is 7.52. The van der Waals surface area contributed by atoms with Crippen LogP contribution in [0.5, 0.6) is 0 Å². The maximum atomic E-state index is 9.17. The minimum Gasteiger partial charge on any atom is -0.298 e. The van der Waals surface area contributed by atoms with Crippen molar-refractivity contribution in [2.24, 2.45) is 0 Å². The minimum atomic E-state index is -0.834. The van der Waals surface area contributed by atoms with Crippen LogP contribution >= 0.6 is 8.37 Å². The van der Waals surface area contributed by atoms with E-state index in [0.717, 1.165) is 0 Å². The lowest BCUT2D eigenvalue weighted by Crippen LogP contribution is -2.06. The molecule has 0 aromatic carbocycles. The summed E-state index contributed by atoms with van der Waals surface area (Å²) in [7, 11) is -0.834. The maximum Gasteiger partial charge on any atom is 0.220 e. The molecule has 3 rings (SSSR count). The zero-order chi connectivity index (χ0) is 12.4. The van der Waals surface area contributed by atoms with Gasteiger partial charge in [0.05, 0.1) is 0 Å². The van der Waals surface area contributed by atoms with Gasteiger partial charge >= 0.3 is 0 Å². The van der Waals surface area contributed by atoms with Crippen molar-refractivity contribution in [3.05, 3.63) is 73.1 Å². The second kappa shape index (κ2) is 4.56. The fourth-order valence-corrected chi connectivity index (χ4v) is 3.82. The first-order valence-electron chi connectivity index (χ1n) is 5.54. The van der Waals surface area contributed by atoms with Gasteiger partial charge in [0.25, 0.3) is 0 Å². The van der Waals surface area contributed by atoms with Crippen LogP contribution in [0, 0.1) is 11.3 Å². The monoisotopic (exact) mass is 254 g/mol. The highest BCUT2D eigenvalue weighted by atomic mass is 31.1. The first-order chi connectivity index (χ1) is 8.90. The van der Waals surface area contributed by atoms with Crippen molar-refractivity contribution in [2.75, 3.05) is 0 Å². The van der Waals surface area contributed by atoms with Gasteiger partial charge in [0.2, 0.25) is 8.37 Å². The van der Waals surface area contributed by atoms with Gasteiger partial charge in [-0.25, -0.2) is 0 Å². The number of nitrogens with zero attached hydrogens (tertiary/aromatic N) is 4. The largest absolute Gasteiger partial charge is 0.298 e. The van der Waals surface area contributed by atoms with Crippen LogP contribution in [-0.2, 0) is 0 Å². The first-order valence-corrected chi connectivity index (χ1v) is 6.74. The fraction of sp³-hybridized carbons (Fsp3) is 0. The Hall–Kier alpha value is -2.24. The second-order valence-electron chi connectivity index (χ2n) is 3.74. The molecule has 5 heteroatoms. The van der Waals surface area contributed by atoms with Crippen LogP contribution < -0.4 is 0 Å². The third-order valence-corrected chi connectivity index (χ3v) is 4.72. The van der Waals surface area contributed by atoms with Gasteiger partial charge in [-0.1, -0.05) is 0 Å². The van der Waals surface area contributed by atoms with Crippen molar-refractivity contribution in [3.8, 4) is 6.07 Å². The van der Waals surface area contributed by atoms with Crippen LogP contribution in [0.3, 0.4) is 0 Å². The Kier molecular flexibility index (Phi) is 2.76. The Morgan fingerprint density at radius 2 is 1.39 bits per heavy atom. The smallest absolute Gasteiger partial charge is 0.220 e. The molecule has 0 N–H and O–H groups in total. The molecule has 0 radical (unpaired) electrons. The van der Waals surface area contributed by atoms with Gasteiger partial charge in [0, 0.05) is 31.0 Å². The van der Waals surface area contributed by atoms with E-state index in [1.165, 1.54) is 0 Å². The summed E-state index contributed by atoms with van der Waals surface area (Å²) in [5, 5.41) is 9.17. The third-order valence-electron chi connectivity index (χ3n) is 2.63. The summed E-state index contributed by atoms with van der Waals surface area (Å²) in [5.74, 6) is 0. The molecule has 0 amide bonds. The molecule has 0 atom stereocenters. The molecule has 18 heavy (non-hydrogen) atoms. The topological polar surface area (TPSA) is 38.6 Å². The van der Waals surface area contributed by atoms with Gasteiger partial charge in [0.15, 0.2) is 0 Å². The van der Waals surface area contributed by atoms with E-state index in [0.29, 0.717) is 5.69 Å². The predicted molar refractivity (Wildman–Crippen MR) is 71.1 cm³/mol. The Morgan fingerprint density at radius 3 is 1.89 bits per heavy atom. The Balaban J connectivity index is 2.15. The van der Waals surface area contributed by atoms with Crippen molar-refractivity contribution in [1.82, 2.24) is 13.0 Å². The van der Waals surface area contributed by atoms with Gasteiger partial charge < -0.3 is 0 Å². The van der Waals surface area contributed by atoms with Crippen LogP contribution in [0.2, 0.25) is 0 Å². The molecule has 0 aliphatic heterocycles. The van der Waals surface area contributed by atoms with E-state index in [4.69, 9.17) is 0 Å². The van der Waals surface area contributed by atoms with Crippen molar-refractivity contribution in [2.45, 2.75) is 0 Å². The van der Waals surface area contributed by atoms with Crippen molar-refractivity contribution in [3.63, 3.8) is 0 Å². The van der Waals surface area contributed by atoms with Crippen LogP contribution in [0.25, 0.3) is 0 Å². The minimum absolute atomic E-state index is 0.670. The molecule has 0 unspecified atom stereocenters. The van der Waals surface area contributed by atoms with Crippen LogP contribution in [-0.4, -0.2) is 13.0 Å². The Labute approximate surface area is 106 Å². The Morgan fingerprint density at radius 1 is 0.833 bits per heavy atom. The summed E-state index contributed by atoms with van der Waals surface area (Å²) in [5.41, 5.74) is 0.670. The van der Waals surface area contributed by atoms with Gasteiger partial charge in [-0.2, -0.15) is 5.26 Å². The Bertz CT molecular complexity index is 624. The molecule has 0 aliphatic rings. The lowest BCUT2D eigenvalue weighted by atomic mass is 10.5. The third kappa shape index (κ3) is 1.75. The molecule has 0 saturated carbocycles. The summed E-state index contributed by atoms with van der Waals surface area (Å²) in [6.07, 6.45) is 10.0. The highest BCUT2D eigenvalue weighted by Crippen LogP contribution is 2.41. The van der Waals surface area contributed by atoms with E-state index < -0.39 is 8.37 Å². The number of hydrogen-bond acceptors (Lipinski definition) is 1. The van der Waals surface area contributed by atoms with E-state index in [9.17, 15) is 5.26 Å².